The molecule has 1 heterocycles. The maximum absolute atomic E-state index is 5.57. The van der Waals surface area contributed by atoms with Crippen LogP contribution in [0, 0.1) is 0 Å². The van der Waals surface area contributed by atoms with Crippen LogP contribution < -0.4 is 5.73 Å². The minimum Gasteiger partial charge on any atom is -0.327 e. The molecule has 1 rings (SSSR count). The second kappa shape index (κ2) is 4.31. The van der Waals surface area contributed by atoms with Gasteiger partial charge >= 0.3 is 0 Å². The summed E-state index contributed by atoms with van der Waals surface area (Å²) in [4.78, 5) is 8.03. The van der Waals surface area contributed by atoms with Crippen LogP contribution in [0.15, 0.2) is 23.6 Å². The van der Waals surface area contributed by atoms with E-state index in [4.69, 9.17) is 5.73 Å². The molecule has 1 aromatic heterocycles. The summed E-state index contributed by atoms with van der Waals surface area (Å²) in [7, 11) is 0. The Balaban J connectivity index is 2.39. The van der Waals surface area contributed by atoms with E-state index < -0.39 is 0 Å². The highest BCUT2D eigenvalue weighted by atomic mass is 32.2. The van der Waals surface area contributed by atoms with Crippen LogP contribution in [-0.4, -0.2) is 21.8 Å². The second-order valence-electron chi connectivity index (χ2n) is 2.33. The molecule has 1 unspecified atom stereocenters. The van der Waals surface area contributed by atoms with E-state index in [0.29, 0.717) is 0 Å². The standard InChI is InChI=1S/C7H11N3S/c1-6(8)5-11-7-4-9-2-3-10-7/h2-4,6H,5,8H2,1H3. The molecule has 0 bridgehead atoms. The van der Waals surface area contributed by atoms with Crippen molar-refractivity contribution in [1.82, 2.24) is 9.97 Å². The van der Waals surface area contributed by atoms with E-state index in [-0.39, 0.29) is 6.04 Å². The van der Waals surface area contributed by atoms with E-state index in [1.54, 1.807) is 30.4 Å². The highest BCUT2D eigenvalue weighted by Gasteiger charge is 1.96. The van der Waals surface area contributed by atoms with Crippen molar-refractivity contribution in [2.24, 2.45) is 5.73 Å². The van der Waals surface area contributed by atoms with Gasteiger partial charge < -0.3 is 5.73 Å². The molecule has 3 nitrogen and oxygen atoms in total. The Morgan fingerprint density at radius 1 is 1.64 bits per heavy atom. The number of rotatable bonds is 3. The average Bonchev–Trinajstić information content (AvgIpc) is 2.03. The Labute approximate surface area is 70.4 Å². The van der Waals surface area contributed by atoms with Gasteiger partial charge in [-0.3, -0.25) is 4.98 Å². The topological polar surface area (TPSA) is 51.8 Å². The average molecular weight is 169 g/mol. The molecule has 11 heavy (non-hydrogen) atoms. The summed E-state index contributed by atoms with van der Waals surface area (Å²) in [6.45, 7) is 1.98. The third kappa shape index (κ3) is 3.34. The highest BCUT2D eigenvalue weighted by molar-refractivity contribution is 7.99. The summed E-state index contributed by atoms with van der Waals surface area (Å²) < 4.78 is 0. The first-order valence-electron chi connectivity index (χ1n) is 3.43. The minimum absolute atomic E-state index is 0.210. The largest absolute Gasteiger partial charge is 0.327 e. The van der Waals surface area contributed by atoms with Gasteiger partial charge in [0, 0.05) is 24.2 Å². The molecular formula is C7H11N3S. The van der Waals surface area contributed by atoms with Crippen LogP contribution in [0.2, 0.25) is 0 Å². The molecule has 1 aromatic rings. The van der Waals surface area contributed by atoms with E-state index >= 15 is 0 Å². The van der Waals surface area contributed by atoms with Gasteiger partial charge in [-0.05, 0) is 6.92 Å². The zero-order valence-corrected chi connectivity index (χ0v) is 7.21. The Kier molecular flexibility index (Phi) is 3.32. The van der Waals surface area contributed by atoms with Crippen LogP contribution in [0.3, 0.4) is 0 Å². The molecule has 0 radical (unpaired) electrons. The Morgan fingerprint density at radius 3 is 3.00 bits per heavy atom. The van der Waals surface area contributed by atoms with E-state index in [1.165, 1.54) is 0 Å². The summed E-state index contributed by atoms with van der Waals surface area (Å²) in [5.74, 6) is 0.888. The Hall–Kier alpha value is -0.610. The molecule has 0 amide bonds. The van der Waals surface area contributed by atoms with Crippen LogP contribution in [0.1, 0.15) is 6.92 Å². The Bertz CT molecular complexity index is 200. The highest BCUT2D eigenvalue weighted by Crippen LogP contribution is 2.12. The smallest absolute Gasteiger partial charge is 0.114 e. The maximum atomic E-state index is 5.57. The Morgan fingerprint density at radius 2 is 2.45 bits per heavy atom. The van der Waals surface area contributed by atoms with Crippen molar-refractivity contribution < 1.29 is 0 Å². The molecule has 4 heteroatoms. The van der Waals surface area contributed by atoms with Gasteiger partial charge in [0.15, 0.2) is 0 Å². The first-order valence-corrected chi connectivity index (χ1v) is 4.42. The molecule has 0 fully saturated rings. The quantitative estimate of drug-likeness (QED) is 0.683. The van der Waals surface area contributed by atoms with E-state index in [1.807, 2.05) is 6.92 Å². The van der Waals surface area contributed by atoms with Crippen LogP contribution in [0.25, 0.3) is 0 Å². The SMILES string of the molecule is CC(N)CSc1cnccn1. The molecule has 0 saturated heterocycles. The van der Waals surface area contributed by atoms with Crippen molar-refractivity contribution in [2.45, 2.75) is 18.0 Å². The lowest BCUT2D eigenvalue weighted by atomic mass is 10.4. The van der Waals surface area contributed by atoms with E-state index in [9.17, 15) is 0 Å². The first kappa shape index (κ1) is 8.49. The third-order valence-corrected chi connectivity index (χ3v) is 2.23. The van der Waals surface area contributed by atoms with Crippen LogP contribution in [-0.2, 0) is 0 Å². The van der Waals surface area contributed by atoms with E-state index in [2.05, 4.69) is 9.97 Å². The van der Waals surface area contributed by atoms with Crippen molar-refractivity contribution in [2.75, 3.05) is 5.75 Å². The van der Waals surface area contributed by atoms with Crippen molar-refractivity contribution >= 4 is 11.8 Å². The normalized spacial score (nSPS) is 12.9. The van der Waals surface area contributed by atoms with Gasteiger partial charge in [-0.1, -0.05) is 0 Å². The van der Waals surface area contributed by atoms with Gasteiger partial charge in [-0.25, -0.2) is 4.98 Å². The molecule has 0 aromatic carbocycles. The van der Waals surface area contributed by atoms with Crippen molar-refractivity contribution in [3.8, 4) is 0 Å². The lowest BCUT2D eigenvalue weighted by Crippen LogP contribution is -2.17. The van der Waals surface area contributed by atoms with Crippen LogP contribution in [0.5, 0.6) is 0 Å². The zero-order chi connectivity index (χ0) is 8.10. The van der Waals surface area contributed by atoms with Crippen molar-refractivity contribution in [3.05, 3.63) is 18.6 Å². The summed E-state index contributed by atoms with van der Waals surface area (Å²) >= 11 is 1.63. The number of nitrogens with two attached hydrogens (primary N) is 1. The maximum Gasteiger partial charge on any atom is 0.114 e. The molecule has 0 aliphatic carbocycles. The van der Waals surface area contributed by atoms with Crippen molar-refractivity contribution in [3.63, 3.8) is 0 Å². The fraction of sp³-hybridized carbons (Fsp3) is 0.429. The predicted octanol–water partition coefficient (Wildman–Crippen LogP) is 0.916. The molecule has 1 atom stereocenters. The lowest BCUT2D eigenvalue weighted by molar-refractivity contribution is 0.845. The second-order valence-corrected chi connectivity index (χ2v) is 3.37. The summed E-state index contributed by atoms with van der Waals surface area (Å²) in [6, 6.07) is 0.210. The zero-order valence-electron chi connectivity index (χ0n) is 6.40. The number of nitrogens with zero attached hydrogens (tertiary/aromatic N) is 2. The first-order chi connectivity index (χ1) is 5.29. The summed E-state index contributed by atoms with van der Waals surface area (Å²) in [5.41, 5.74) is 5.57. The number of hydrogen-bond donors (Lipinski definition) is 1. The van der Waals surface area contributed by atoms with Crippen LogP contribution in [0.4, 0.5) is 0 Å². The van der Waals surface area contributed by atoms with Crippen molar-refractivity contribution in [1.29, 1.82) is 0 Å². The monoisotopic (exact) mass is 169 g/mol. The van der Waals surface area contributed by atoms with Gasteiger partial charge in [0.05, 0.1) is 6.20 Å². The molecule has 60 valence electrons. The van der Waals surface area contributed by atoms with Gasteiger partial charge in [0.2, 0.25) is 0 Å². The molecule has 0 spiro atoms. The molecule has 0 aliphatic rings. The number of hydrogen-bond acceptors (Lipinski definition) is 4. The fourth-order valence-corrected chi connectivity index (χ4v) is 1.28. The molecule has 0 saturated carbocycles. The molecule has 0 aliphatic heterocycles. The number of thioether (sulfide) groups is 1. The fourth-order valence-electron chi connectivity index (χ4n) is 0.577. The molecule has 2 N–H and O–H groups in total. The minimum atomic E-state index is 0.210. The van der Waals surface area contributed by atoms with Gasteiger partial charge in [-0.2, -0.15) is 0 Å². The van der Waals surface area contributed by atoms with Gasteiger partial charge in [0.1, 0.15) is 5.03 Å². The lowest BCUT2D eigenvalue weighted by Gasteiger charge is -2.01. The van der Waals surface area contributed by atoms with Crippen LogP contribution >= 0.6 is 11.8 Å². The van der Waals surface area contributed by atoms with E-state index in [0.717, 1.165) is 10.8 Å². The number of aromatic nitrogens is 2. The van der Waals surface area contributed by atoms with Gasteiger partial charge in [-0.15, -0.1) is 11.8 Å². The summed E-state index contributed by atoms with van der Waals surface area (Å²) in [6.07, 6.45) is 5.09. The summed E-state index contributed by atoms with van der Waals surface area (Å²) in [5, 5.41) is 0.935. The third-order valence-electron chi connectivity index (χ3n) is 1.03. The predicted molar refractivity (Wildman–Crippen MR) is 46.4 cm³/mol. The molecular weight excluding hydrogens is 158 g/mol. The van der Waals surface area contributed by atoms with Gasteiger partial charge in [0.25, 0.3) is 0 Å².